The van der Waals surface area contributed by atoms with Crippen molar-refractivity contribution in [1.82, 2.24) is 0 Å². The highest BCUT2D eigenvalue weighted by atomic mass is 32.2. The van der Waals surface area contributed by atoms with E-state index in [1.165, 1.54) is 50.0 Å². The van der Waals surface area contributed by atoms with Crippen molar-refractivity contribution in [3.05, 3.63) is 0 Å². The molecule has 1 heteroatoms. The minimum atomic E-state index is 1.02. The zero-order chi connectivity index (χ0) is 9.52. The number of hydrogen-bond donors (Lipinski definition) is 0. The molecule has 0 saturated heterocycles. The first-order valence-electron chi connectivity index (χ1n) is 5.90. The van der Waals surface area contributed by atoms with Crippen molar-refractivity contribution in [3.8, 4) is 0 Å². The van der Waals surface area contributed by atoms with Gasteiger partial charge in [0, 0.05) is 0 Å². The summed E-state index contributed by atoms with van der Waals surface area (Å²) in [5, 5.41) is 0. The van der Waals surface area contributed by atoms with E-state index >= 15 is 0 Å². The van der Waals surface area contributed by atoms with Crippen LogP contribution >= 0.6 is 11.8 Å². The van der Waals surface area contributed by atoms with Gasteiger partial charge in [-0.2, -0.15) is 11.8 Å². The molecule has 1 rings (SSSR count). The zero-order valence-electron chi connectivity index (χ0n) is 9.22. The average Bonchev–Trinajstić information content (AvgIpc) is 2.51. The van der Waals surface area contributed by atoms with Crippen LogP contribution in [0.2, 0.25) is 0 Å². The van der Waals surface area contributed by atoms with E-state index < -0.39 is 0 Å². The molecule has 0 nitrogen and oxygen atoms in total. The normalized spacial score (nSPS) is 28.2. The Morgan fingerprint density at radius 2 is 2.08 bits per heavy atom. The van der Waals surface area contributed by atoms with Crippen molar-refractivity contribution in [3.63, 3.8) is 0 Å². The third kappa shape index (κ3) is 4.95. The molecule has 0 aromatic heterocycles. The number of thioether (sulfide) groups is 1. The molecule has 0 aliphatic heterocycles. The second-order valence-corrected chi connectivity index (χ2v) is 5.72. The Bertz CT molecular complexity index is 122. The fourth-order valence-corrected chi connectivity index (χ4v) is 3.39. The summed E-state index contributed by atoms with van der Waals surface area (Å²) in [6.45, 7) is 4.69. The van der Waals surface area contributed by atoms with E-state index in [1.54, 1.807) is 0 Å². The van der Waals surface area contributed by atoms with Crippen molar-refractivity contribution in [2.45, 2.75) is 52.4 Å². The van der Waals surface area contributed by atoms with Gasteiger partial charge in [0.2, 0.25) is 0 Å². The second-order valence-electron chi connectivity index (χ2n) is 4.57. The SMILES string of the molecule is CCCCCSC[C@@H]1CCC(C)C1. The van der Waals surface area contributed by atoms with E-state index in [1.807, 2.05) is 0 Å². The molecule has 1 saturated carbocycles. The molecular formula is C12H24S. The van der Waals surface area contributed by atoms with Gasteiger partial charge in [-0.3, -0.25) is 0 Å². The molecule has 1 unspecified atom stereocenters. The summed E-state index contributed by atoms with van der Waals surface area (Å²) in [7, 11) is 0. The molecule has 2 atom stereocenters. The molecule has 0 bridgehead atoms. The highest BCUT2D eigenvalue weighted by Gasteiger charge is 2.20. The summed E-state index contributed by atoms with van der Waals surface area (Å²) < 4.78 is 0. The van der Waals surface area contributed by atoms with Gasteiger partial charge in [0.15, 0.2) is 0 Å². The van der Waals surface area contributed by atoms with Crippen LogP contribution in [0, 0.1) is 11.8 Å². The van der Waals surface area contributed by atoms with Gasteiger partial charge in [-0.05, 0) is 42.6 Å². The maximum atomic E-state index is 2.40. The van der Waals surface area contributed by atoms with Crippen LogP contribution in [-0.2, 0) is 0 Å². The first-order valence-corrected chi connectivity index (χ1v) is 7.06. The Balaban J connectivity index is 1.88. The van der Waals surface area contributed by atoms with Gasteiger partial charge in [-0.1, -0.05) is 33.1 Å². The minimum Gasteiger partial charge on any atom is -0.162 e. The third-order valence-electron chi connectivity index (χ3n) is 3.05. The molecule has 1 aliphatic carbocycles. The number of unbranched alkanes of at least 4 members (excludes halogenated alkanes) is 2. The van der Waals surface area contributed by atoms with Gasteiger partial charge in [0.25, 0.3) is 0 Å². The molecule has 0 spiro atoms. The summed E-state index contributed by atoms with van der Waals surface area (Å²) in [5.41, 5.74) is 0. The van der Waals surface area contributed by atoms with E-state index in [4.69, 9.17) is 0 Å². The van der Waals surface area contributed by atoms with Crippen LogP contribution in [0.3, 0.4) is 0 Å². The Kier molecular flexibility index (Phi) is 5.93. The van der Waals surface area contributed by atoms with Crippen molar-refractivity contribution in [1.29, 1.82) is 0 Å². The molecule has 0 radical (unpaired) electrons. The summed E-state index contributed by atoms with van der Waals surface area (Å²) in [4.78, 5) is 0. The number of rotatable bonds is 6. The Morgan fingerprint density at radius 3 is 2.69 bits per heavy atom. The van der Waals surface area contributed by atoms with Crippen LogP contribution in [0.5, 0.6) is 0 Å². The van der Waals surface area contributed by atoms with Crippen molar-refractivity contribution in [2.75, 3.05) is 11.5 Å². The Morgan fingerprint density at radius 1 is 1.23 bits per heavy atom. The maximum absolute atomic E-state index is 2.40. The fourth-order valence-electron chi connectivity index (χ4n) is 2.18. The lowest BCUT2D eigenvalue weighted by Gasteiger charge is -2.08. The molecule has 0 amide bonds. The lowest BCUT2D eigenvalue weighted by Crippen LogP contribution is -1.98. The van der Waals surface area contributed by atoms with Gasteiger partial charge in [0.05, 0.1) is 0 Å². The average molecular weight is 200 g/mol. The van der Waals surface area contributed by atoms with Gasteiger partial charge in [0.1, 0.15) is 0 Å². The summed E-state index contributed by atoms with van der Waals surface area (Å²) in [6.07, 6.45) is 8.71. The summed E-state index contributed by atoms with van der Waals surface area (Å²) in [5.74, 6) is 4.91. The van der Waals surface area contributed by atoms with Crippen LogP contribution in [0.25, 0.3) is 0 Å². The molecule has 0 aromatic carbocycles. The minimum absolute atomic E-state index is 1.02. The smallest absolute Gasteiger partial charge is 0.00390 e. The van der Waals surface area contributed by atoms with Crippen LogP contribution in [0.1, 0.15) is 52.4 Å². The molecule has 1 fully saturated rings. The van der Waals surface area contributed by atoms with Crippen molar-refractivity contribution >= 4 is 11.8 Å². The first-order chi connectivity index (χ1) is 6.33. The maximum Gasteiger partial charge on any atom is -0.00390 e. The molecule has 1 aliphatic rings. The van der Waals surface area contributed by atoms with Gasteiger partial charge >= 0.3 is 0 Å². The molecule has 13 heavy (non-hydrogen) atoms. The highest BCUT2D eigenvalue weighted by molar-refractivity contribution is 7.99. The third-order valence-corrected chi connectivity index (χ3v) is 4.33. The molecule has 0 N–H and O–H groups in total. The Hall–Kier alpha value is 0.350. The monoisotopic (exact) mass is 200 g/mol. The molecule has 0 aromatic rings. The summed E-state index contributed by atoms with van der Waals surface area (Å²) >= 11 is 2.19. The first kappa shape index (κ1) is 11.4. The number of hydrogen-bond acceptors (Lipinski definition) is 1. The predicted octanol–water partition coefficient (Wildman–Crippen LogP) is 4.35. The topological polar surface area (TPSA) is 0 Å². The zero-order valence-corrected chi connectivity index (χ0v) is 10.0. The fraction of sp³-hybridized carbons (Fsp3) is 1.00. The highest BCUT2D eigenvalue weighted by Crippen LogP contribution is 2.32. The molecule has 0 heterocycles. The van der Waals surface area contributed by atoms with E-state index in [-0.39, 0.29) is 0 Å². The molecular weight excluding hydrogens is 176 g/mol. The lowest BCUT2D eigenvalue weighted by atomic mass is 10.1. The van der Waals surface area contributed by atoms with Crippen LogP contribution in [-0.4, -0.2) is 11.5 Å². The van der Waals surface area contributed by atoms with Gasteiger partial charge in [-0.25, -0.2) is 0 Å². The van der Waals surface area contributed by atoms with Crippen LogP contribution in [0.15, 0.2) is 0 Å². The van der Waals surface area contributed by atoms with Crippen LogP contribution < -0.4 is 0 Å². The van der Waals surface area contributed by atoms with Gasteiger partial charge in [-0.15, -0.1) is 0 Å². The largest absolute Gasteiger partial charge is 0.162 e. The van der Waals surface area contributed by atoms with Crippen molar-refractivity contribution < 1.29 is 0 Å². The Labute approximate surface area is 87.9 Å². The van der Waals surface area contributed by atoms with E-state index in [0.29, 0.717) is 0 Å². The van der Waals surface area contributed by atoms with Crippen molar-refractivity contribution in [2.24, 2.45) is 11.8 Å². The van der Waals surface area contributed by atoms with Crippen LogP contribution in [0.4, 0.5) is 0 Å². The molecule has 78 valence electrons. The van der Waals surface area contributed by atoms with E-state index in [0.717, 1.165) is 11.8 Å². The lowest BCUT2D eigenvalue weighted by molar-refractivity contribution is 0.561. The standard InChI is InChI=1S/C12H24S/c1-3-4-5-8-13-10-12-7-6-11(2)9-12/h11-12H,3-10H2,1-2H3/t11?,12-/m1/s1. The van der Waals surface area contributed by atoms with Gasteiger partial charge < -0.3 is 0 Å². The van der Waals surface area contributed by atoms with E-state index in [9.17, 15) is 0 Å². The van der Waals surface area contributed by atoms with E-state index in [2.05, 4.69) is 25.6 Å². The summed E-state index contributed by atoms with van der Waals surface area (Å²) in [6, 6.07) is 0. The second kappa shape index (κ2) is 6.75. The quantitative estimate of drug-likeness (QED) is 0.575. The predicted molar refractivity (Wildman–Crippen MR) is 63.4 cm³/mol.